The van der Waals surface area contributed by atoms with E-state index in [1.165, 1.54) is 11.8 Å². The molecule has 0 N–H and O–H groups in total. The molecule has 4 rings (SSSR count). The van der Waals surface area contributed by atoms with Gasteiger partial charge in [-0.25, -0.2) is 4.99 Å². The van der Waals surface area contributed by atoms with E-state index in [1.807, 2.05) is 55.6 Å². The first-order valence-electron chi connectivity index (χ1n) is 9.05. The number of aromatic nitrogens is 1. The molecular formula is C22H21N3O2S. The summed E-state index contributed by atoms with van der Waals surface area (Å²) in [4.78, 5) is 20.1. The molecule has 0 saturated carbocycles. The Hall–Kier alpha value is -2.83. The van der Waals surface area contributed by atoms with Crippen LogP contribution in [0.2, 0.25) is 0 Å². The number of benzene rings is 2. The Labute approximate surface area is 168 Å². The number of fused-ring (bicyclic) bond motifs is 1. The normalized spacial score (nSPS) is 17.4. The first-order valence-corrected chi connectivity index (χ1v) is 9.87. The van der Waals surface area contributed by atoms with Gasteiger partial charge >= 0.3 is 0 Å². The molecule has 1 amide bonds. The number of ether oxygens (including phenoxy) is 1. The highest BCUT2D eigenvalue weighted by molar-refractivity contribution is 8.18. The van der Waals surface area contributed by atoms with Gasteiger partial charge in [-0.15, -0.1) is 0 Å². The van der Waals surface area contributed by atoms with Gasteiger partial charge < -0.3 is 9.30 Å². The van der Waals surface area contributed by atoms with E-state index in [0.717, 1.165) is 22.2 Å². The van der Waals surface area contributed by atoms with E-state index in [9.17, 15) is 4.79 Å². The minimum absolute atomic E-state index is 0.0373. The highest BCUT2D eigenvalue weighted by atomic mass is 32.2. The molecule has 142 valence electrons. The topological polar surface area (TPSA) is 46.8 Å². The van der Waals surface area contributed by atoms with Crippen LogP contribution in [0.4, 0.5) is 5.69 Å². The van der Waals surface area contributed by atoms with Crippen LogP contribution in [0.1, 0.15) is 5.56 Å². The van der Waals surface area contributed by atoms with E-state index >= 15 is 0 Å². The summed E-state index contributed by atoms with van der Waals surface area (Å²) < 4.78 is 7.26. The van der Waals surface area contributed by atoms with Crippen LogP contribution in [0.5, 0.6) is 0 Å². The summed E-state index contributed by atoms with van der Waals surface area (Å²) in [5, 5.41) is 1.81. The molecule has 1 aliphatic heterocycles. The molecular weight excluding hydrogens is 370 g/mol. The monoisotopic (exact) mass is 391 g/mol. The summed E-state index contributed by atoms with van der Waals surface area (Å²) >= 11 is 1.41. The third-order valence-corrected chi connectivity index (χ3v) is 5.61. The number of rotatable bonds is 5. The molecule has 0 unspecified atom stereocenters. The number of carbonyl (C=O) groups is 1. The van der Waals surface area contributed by atoms with Gasteiger partial charge in [-0.1, -0.05) is 36.4 Å². The number of amidine groups is 1. The molecule has 0 spiro atoms. The summed E-state index contributed by atoms with van der Waals surface area (Å²) in [6.07, 6.45) is 4.01. The number of hydrogen-bond acceptors (Lipinski definition) is 4. The van der Waals surface area contributed by atoms with Crippen molar-refractivity contribution in [2.45, 2.75) is 0 Å². The first kappa shape index (κ1) is 18.5. The van der Waals surface area contributed by atoms with E-state index in [1.54, 1.807) is 12.0 Å². The van der Waals surface area contributed by atoms with Crippen molar-refractivity contribution in [3.05, 3.63) is 71.3 Å². The zero-order valence-corrected chi connectivity index (χ0v) is 16.6. The number of nitrogens with zero attached hydrogens (tertiary/aromatic N) is 3. The zero-order valence-electron chi connectivity index (χ0n) is 15.8. The SMILES string of the molecule is COCCN1C(=O)/C(=C\c2cn(C)c3ccccc23)SC1=Nc1ccccc1. The average Bonchev–Trinajstić information content (AvgIpc) is 3.18. The Balaban J connectivity index is 1.72. The summed E-state index contributed by atoms with van der Waals surface area (Å²) in [5.41, 5.74) is 2.99. The molecule has 1 saturated heterocycles. The van der Waals surface area contributed by atoms with Gasteiger partial charge in [-0.2, -0.15) is 0 Å². The molecule has 6 heteroatoms. The third kappa shape index (κ3) is 3.61. The Morgan fingerprint density at radius 3 is 2.64 bits per heavy atom. The number of aliphatic imine (C=N–C) groups is 1. The fourth-order valence-corrected chi connectivity index (χ4v) is 4.23. The minimum Gasteiger partial charge on any atom is -0.383 e. The molecule has 1 aliphatic rings. The molecule has 2 heterocycles. The molecule has 0 radical (unpaired) electrons. The number of amides is 1. The van der Waals surface area contributed by atoms with Crippen LogP contribution in [-0.4, -0.2) is 40.8 Å². The zero-order chi connectivity index (χ0) is 19.5. The maximum Gasteiger partial charge on any atom is 0.266 e. The number of hydrogen-bond donors (Lipinski definition) is 0. The smallest absolute Gasteiger partial charge is 0.266 e. The number of methoxy groups -OCH3 is 1. The lowest BCUT2D eigenvalue weighted by atomic mass is 10.1. The van der Waals surface area contributed by atoms with Crippen molar-refractivity contribution in [1.82, 2.24) is 9.47 Å². The van der Waals surface area contributed by atoms with Crippen LogP contribution < -0.4 is 0 Å². The maximum atomic E-state index is 13.1. The Kier molecular flexibility index (Phi) is 5.32. The average molecular weight is 391 g/mol. The van der Waals surface area contributed by atoms with Gasteiger partial charge in [0.05, 0.1) is 23.7 Å². The standard InChI is InChI=1S/C22H21N3O2S/c1-24-15-16(18-10-6-7-11-19(18)24)14-20-21(26)25(12-13-27-2)22(28-20)23-17-8-4-3-5-9-17/h3-11,14-15H,12-13H2,1-2H3/b20-14+,23-22?. The minimum atomic E-state index is -0.0373. The molecule has 0 atom stereocenters. The van der Waals surface area contributed by atoms with Gasteiger partial charge in [-0.3, -0.25) is 9.69 Å². The molecule has 3 aromatic rings. The predicted octanol–water partition coefficient (Wildman–Crippen LogP) is 4.43. The number of thioether (sulfide) groups is 1. The fraction of sp³-hybridized carbons (Fsp3) is 0.182. The van der Waals surface area contributed by atoms with E-state index in [4.69, 9.17) is 4.74 Å². The van der Waals surface area contributed by atoms with Gasteiger partial charge in [0.2, 0.25) is 0 Å². The summed E-state index contributed by atoms with van der Waals surface area (Å²) in [7, 11) is 3.65. The molecule has 0 aliphatic carbocycles. The lowest BCUT2D eigenvalue weighted by molar-refractivity contribution is -0.122. The first-order chi connectivity index (χ1) is 13.7. The lowest BCUT2D eigenvalue weighted by Crippen LogP contribution is -2.32. The van der Waals surface area contributed by atoms with Crippen molar-refractivity contribution in [3.63, 3.8) is 0 Å². The molecule has 5 nitrogen and oxygen atoms in total. The fourth-order valence-electron chi connectivity index (χ4n) is 3.21. The second-order valence-electron chi connectivity index (χ2n) is 6.50. The van der Waals surface area contributed by atoms with Crippen LogP contribution in [0, 0.1) is 0 Å². The van der Waals surface area contributed by atoms with E-state index in [-0.39, 0.29) is 5.91 Å². The highest BCUT2D eigenvalue weighted by Crippen LogP contribution is 2.35. The van der Waals surface area contributed by atoms with E-state index in [2.05, 4.69) is 27.9 Å². The Morgan fingerprint density at radius 2 is 1.86 bits per heavy atom. The number of carbonyl (C=O) groups excluding carboxylic acids is 1. The molecule has 2 aromatic carbocycles. The van der Waals surface area contributed by atoms with E-state index < -0.39 is 0 Å². The molecule has 28 heavy (non-hydrogen) atoms. The van der Waals surface area contributed by atoms with Gasteiger partial charge in [0.25, 0.3) is 5.91 Å². The highest BCUT2D eigenvalue weighted by Gasteiger charge is 2.33. The van der Waals surface area contributed by atoms with Crippen LogP contribution in [0.3, 0.4) is 0 Å². The number of para-hydroxylation sites is 2. The van der Waals surface area contributed by atoms with Crippen LogP contribution in [0.15, 0.2) is 70.7 Å². The molecule has 1 fully saturated rings. The quantitative estimate of drug-likeness (QED) is 0.605. The van der Waals surface area contributed by atoms with Gasteiger partial charge in [-0.05, 0) is 36.0 Å². The van der Waals surface area contributed by atoms with Crippen molar-refractivity contribution in [1.29, 1.82) is 0 Å². The van der Waals surface area contributed by atoms with Gasteiger partial charge in [0.15, 0.2) is 5.17 Å². The predicted molar refractivity (Wildman–Crippen MR) is 116 cm³/mol. The van der Waals surface area contributed by atoms with Crippen molar-refractivity contribution >= 4 is 45.5 Å². The van der Waals surface area contributed by atoms with Crippen molar-refractivity contribution in [2.24, 2.45) is 12.0 Å². The third-order valence-electron chi connectivity index (χ3n) is 4.60. The lowest BCUT2D eigenvalue weighted by Gasteiger charge is -2.14. The van der Waals surface area contributed by atoms with Gasteiger partial charge in [0, 0.05) is 36.8 Å². The molecule has 1 aromatic heterocycles. The number of aryl methyl sites for hydroxylation is 1. The second-order valence-corrected chi connectivity index (χ2v) is 7.51. The van der Waals surface area contributed by atoms with Crippen LogP contribution >= 0.6 is 11.8 Å². The van der Waals surface area contributed by atoms with Crippen LogP contribution in [0.25, 0.3) is 17.0 Å². The Bertz CT molecular complexity index is 1070. The van der Waals surface area contributed by atoms with Crippen molar-refractivity contribution in [2.75, 3.05) is 20.3 Å². The van der Waals surface area contributed by atoms with Crippen molar-refractivity contribution in [3.8, 4) is 0 Å². The summed E-state index contributed by atoms with van der Waals surface area (Å²) in [6, 6.07) is 17.9. The Morgan fingerprint density at radius 1 is 1.11 bits per heavy atom. The van der Waals surface area contributed by atoms with Gasteiger partial charge in [0.1, 0.15) is 0 Å². The van der Waals surface area contributed by atoms with Crippen LogP contribution in [-0.2, 0) is 16.6 Å². The summed E-state index contributed by atoms with van der Waals surface area (Å²) in [6.45, 7) is 0.933. The molecule has 0 bridgehead atoms. The largest absolute Gasteiger partial charge is 0.383 e. The maximum absolute atomic E-state index is 13.1. The van der Waals surface area contributed by atoms with E-state index in [0.29, 0.717) is 23.2 Å². The summed E-state index contributed by atoms with van der Waals surface area (Å²) in [5.74, 6) is -0.0373. The second kappa shape index (κ2) is 8.04. The van der Waals surface area contributed by atoms with Crippen molar-refractivity contribution < 1.29 is 9.53 Å².